The number of imide groups is 1. The molecule has 0 radical (unpaired) electrons. The van der Waals surface area contributed by atoms with Gasteiger partial charge in [-0.15, -0.1) is 0 Å². The topological polar surface area (TPSA) is 45.1 Å². The normalized spacial score (nSPS) is 21.2. The van der Waals surface area contributed by atoms with Gasteiger partial charge in [0.1, 0.15) is 5.82 Å². The lowest BCUT2D eigenvalue weighted by Crippen LogP contribution is -3.19. The predicted octanol–water partition coefficient (Wildman–Crippen LogP) is 1.52. The van der Waals surface area contributed by atoms with Crippen molar-refractivity contribution < 1.29 is 18.9 Å². The Labute approximate surface area is 161 Å². The van der Waals surface area contributed by atoms with E-state index in [0.29, 0.717) is 10.7 Å². The largest absolute Gasteiger partial charge is 0.360 e. The number of quaternary nitrogens is 1. The molecule has 2 aliphatic rings. The van der Waals surface area contributed by atoms with E-state index in [9.17, 15) is 14.0 Å². The summed E-state index contributed by atoms with van der Waals surface area (Å²) in [5.41, 5.74) is 1.51. The number of anilines is 2. The Balaban J connectivity index is 1.43. The van der Waals surface area contributed by atoms with Gasteiger partial charge in [0.2, 0.25) is 5.91 Å². The number of halogens is 2. The van der Waals surface area contributed by atoms with Gasteiger partial charge in [0.05, 0.1) is 38.3 Å². The zero-order chi connectivity index (χ0) is 19.0. The maximum atomic E-state index is 13.1. The maximum Gasteiger partial charge on any atom is 0.292 e. The Kier molecular flexibility index (Phi) is 4.85. The summed E-state index contributed by atoms with van der Waals surface area (Å²) >= 11 is 6.07. The number of carbonyl (C=O) groups is 2. The fourth-order valence-electron chi connectivity index (χ4n) is 3.89. The fraction of sp³-hybridized carbons (Fsp3) is 0.300. The smallest absolute Gasteiger partial charge is 0.292 e. The third-order valence-electron chi connectivity index (χ3n) is 5.30. The highest BCUT2D eigenvalue weighted by atomic mass is 35.5. The third-order valence-corrected chi connectivity index (χ3v) is 5.54. The molecule has 2 saturated heterocycles. The van der Waals surface area contributed by atoms with Gasteiger partial charge >= 0.3 is 0 Å². The summed E-state index contributed by atoms with van der Waals surface area (Å²) in [6, 6.07) is 12.8. The molecule has 2 amide bonds. The molecule has 4 rings (SSSR count). The number of amides is 2. The molecule has 2 aliphatic heterocycles. The van der Waals surface area contributed by atoms with Crippen LogP contribution >= 0.6 is 11.6 Å². The first-order valence-electron chi connectivity index (χ1n) is 9.00. The van der Waals surface area contributed by atoms with E-state index in [2.05, 4.69) is 4.90 Å². The molecule has 0 aromatic heterocycles. The lowest BCUT2D eigenvalue weighted by molar-refractivity contribution is -0.915. The average Bonchev–Trinajstić information content (AvgIpc) is 2.97. The molecule has 2 fully saturated rings. The van der Waals surface area contributed by atoms with Gasteiger partial charge in [-0.3, -0.25) is 9.59 Å². The van der Waals surface area contributed by atoms with Gasteiger partial charge in [-0.05, 0) is 42.5 Å². The van der Waals surface area contributed by atoms with Gasteiger partial charge in [0.15, 0.2) is 6.04 Å². The van der Waals surface area contributed by atoms with Crippen LogP contribution in [0, 0.1) is 5.82 Å². The molecule has 0 spiro atoms. The zero-order valence-electron chi connectivity index (χ0n) is 14.7. The summed E-state index contributed by atoms with van der Waals surface area (Å²) in [4.78, 5) is 29.8. The highest BCUT2D eigenvalue weighted by molar-refractivity contribution is 6.30. The van der Waals surface area contributed by atoms with Crippen LogP contribution in [-0.2, 0) is 9.59 Å². The van der Waals surface area contributed by atoms with Crippen molar-refractivity contribution in [2.75, 3.05) is 36.0 Å². The van der Waals surface area contributed by atoms with E-state index >= 15 is 0 Å². The lowest BCUT2D eigenvalue weighted by Gasteiger charge is -2.35. The molecule has 140 valence electrons. The molecule has 0 bridgehead atoms. The number of nitrogens with one attached hydrogen (secondary N) is 1. The Hall–Kier alpha value is -2.44. The van der Waals surface area contributed by atoms with Crippen molar-refractivity contribution in [2.24, 2.45) is 0 Å². The summed E-state index contributed by atoms with van der Waals surface area (Å²) in [5.74, 6) is -0.809. The molecule has 2 aromatic rings. The molecule has 7 heteroatoms. The first kappa shape index (κ1) is 17.9. The van der Waals surface area contributed by atoms with Crippen LogP contribution < -0.4 is 14.7 Å². The number of benzene rings is 2. The van der Waals surface area contributed by atoms with Crippen LogP contribution in [-0.4, -0.2) is 44.0 Å². The molecular formula is C20H20ClFN3O2+. The standard InChI is InChI=1S/C20H19ClFN3O2/c21-14-2-1-3-17(12-14)23-8-10-24(11-9-23)18-13-19(26)25(20(18)27)16-6-4-15(22)5-7-16/h1-7,12,18H,8-11,13H2/p+1/t18-/m1/s1. The summed E-state index contributed by atoms with van der Waals surface area (Å²) in [6.07, 6.45) is 0.197. The monoisotopic (exact) mass is 388 g/mol. The summed E-state index contributed by atoms with van der Waals surface area (Å²) in [5, 5.41) is 0.703. The van der Waals surface area contributed by atoms with Crippen molar-refractivity contribution in [1.82, 2.24) is 0 Å². The molecule has 27 heavy (non-hydrogen) atoms. The van der Waals surface area contributed by atoms with E-state index in [4.69, 9.17) is 11.6 Å². The molecule has 1 atom stereocenters. The SMILES string of the molecule is O=C1C[C@@H]([NH+]2CCN(c3cccc(Cl)c3)CC2)C(=O)N1c1ccc(F)cc1. The van der Waals surface area contributed by atoms with Crippen LogP contribution in [0.3, 0.4) is 0 Å². The highest BCUT2D eigenvalue weighted by Crippen LogP contribution is 2.23. The Morgan fingerprint density at radius 3 is 2.37 bits per heavy atom. The Morgan fingerprint density at radius 1 is 1.00 bits per heavy atom. The van der Waals surface area contributed by atoms with E-state index in [0.717, 1.165) is 36.8 Å². The number of rotatable bonds is 3. The van der Waals surface area contributed by atoms with Gasteiger partial charge in [-0.25, -0.2) is 9.29 Å². The van der Waals surface area contributed by atoms with E-state index in [1.165, 1.54) is 29.2 Å². The lowest BCUT2D eigenvalue weighted by atomic mass is 10.1. The minimum atomic E-state index is -0.392. The summed E-state index contributed by atoms with van der Waals surface area (Å²) in [6.45, 7) is 3.13. The molecule has 2 aromatic carbocycles. The van der Waals surface area contributed by atoms with Crippen molar-refractivity contribution in [3.8, 4) is 0 Å². The molecule has 1 N–H and O–H groups in total. The highest BCUT2D eigenvalue weighted by Gasteiger charge is 2.46. The third kappa shape index (κ3) is 3.55. The van der Waals surface area contributed by atoms with Gasteiger partial charge < -0.3 is 9.80 Å². The number of nitrogens with zero attached hydrogens (tertiary/aromatic N) is 2. The van der Waals surface area contributed by atoms with Gasteiger partial charge in [0, 0.05) is 10.7 Å². The van der Waals surface area contributed by atoms with Crippen molar-refractivity contribution in [3.63, 3.8) is 0 Å². The summed E-state index contributed by atoms with van der Waals surface area (Å²) in [7, 11) is 0. The van der Waals surface area contributed by atoms with Crippen LogP contribution in [0.15, 0.2) is 48.5 Å². The van der Waals surface area contributed by atoms with Crippen molar-refractivity contribution in [3.05, 3.63) is 59.4 Å². The maximum absolute atomic E-state index is 13.1. The number of hydrogen-bond donors (Lipinski definition) is 1. The minimum Gasteiger partial charge on any atom is -0.360 e. The number of carbonyl (C=O) groups excluding carboxylic acids is 2. The second-order valence-electron chi connectivity index (χ2n) is 6.93. The van der Waals surface area contributed by atoms with Crippen molar-refractivity contribution in [1.29, 1.82) is 0 Å². The first-order chi connectivity index (χ1) is 13.0. The minimum absolute atomic E-state index is 0.196. The van der Waals surface area contributed by atoms with Gasteiger partial charge in [0.25, 0.3) is 5.91 Å². The van der Waals surface area contributed by atoms with Crippen LogP contribution in [0.4, 0.5) is 15.8 Å². The van der Waals surface area contributed by atoms with Gasteiger partial charge in [-0.1, -0.05) is 17.7 Å². The zero-order valence-corrected chi connectivity index (χ0v) is 15.5. The number of piperazine rings is 1. The Morgan fingerprint density at radius 2 is 1.70 bits per heavy atom. The van der Waals surface area contributed by atoms with E-state index < -0.39 is 5.82 Å². The predicted molar refractivity (Wildman–Crippen MR) is 102 cm³/mol. The fourth-order valence-corrected chi connectivity index (χ4v) is 4.07. The molecule has 2 heterocycles. The second kappa shape index (κ2) is 7.29. The van der Waals surface area contributed by atoms with Crippen LogP contribution in [0.2, 0.25) is 5.02 Å². The first-order valence-corrected chi connectivity index (χ1v) is 9.38. The van der Waals surface area contributed by atoms with Crippen LogP contribution in [0.5, 0.6) is 0 Å². The number of hydrogen-bond acceptors (Lipinski definition) is 3. The molecule has 0 aliphatic carbocycles. The molecular weight excluding hydrogens is 369 g/mol. The van der Waals surface area contributed by atoms with Gasteiger partial charge in [-0.2, -0.15) is 0 Å². The van der Waals surface area contributed by atoms with Crippen LogP contribution in [0.25, 0.3) is 0 Å². The van der Waals surface area contributed by atoms with Crippen molar-refractivity contribution >= 4 is 34.8 Å². The van der Waals surface area contributed by atoms with E-state index in [1.807, 2.05) is 24.3 Å². The van der Waals surface area contributed by atoms with E-state index in [1.54, 1.807) is 0 Å². The molecule has 0 unspecified atom stereocenters. The average molecular weight is 389 g/mol. The molecule has 5 nitrogen and oxygen atoms in total. The Bertz CT molecular complexity index is 866. The van der Waals surface area contributed by atoms with E-state index in [-0.39, 0.29) is 24.3 Å². The molecule has 0 saturated carbocycles. The van der Waals surface area contributed by atoms with Crippen molar-refractivity contribution in [2.45, 2.75) is 12.5 Å². The quantitative estimate of drug-likeness (QED) is 0.811. The van der Waals surface area contributed by atoms with Crippen LogP contribution in [0.1, 0.15) is 6.42 Å². The summed E-state index contributed by atoms with van der Waals surface area (Å²) < 4.78 is 13.1. The second-order valence-corrected chi connectivity index (χ2v) is 7.36.